The van der Waals surface area contributed by atoms with Crippen molar-refractivity contribution in [1.82, 2.24) is 10.4 Å². The fourth-order valence-electron chi connectivity index (χ4n) is 2.65. The molecule has 3 rings (SSSR count). The number of rotatable bonds is 5. The van der Waals surface area contributed by atoms with Crippen LogP contribution < -0.4 is 5.43 Å². The van der Waals surface area contributed by atoms with Crippen LogP contribution in [-0.4, -0.2) is 23.4 Å². The molecule has 2 aromatic carbocycles. The van der Waals surface area contributed by atoms with E-state index in [9.17, 15) is 4.79 Å². The second-order valence-electron chi connectivity index (χ2n) is 4.95. The molecule has 0 bridgehead atoms. The van der Waals surface area contributed by atoms with Crippen molar-refractivity contribution in [3.05, 3.63) is 71.8 Å². The Labute approximate surface area is 119 Å². The van der Waals surface area contributed by atoms with Gasteiger partial charge in [0.15, 0.2) is 5.78 Å². The molecule has 0 saturated carbocycles. The molecule has 20 heavy (non-hydrogen) atoms. The van der Waals surface area contributed by atoms with Gasteiger partial charge in [-0.15, -0.1) is 0 Å². The molecule has 1 unspecified atom stereocenters. The molecule has 1 aliphatic heterocycles. The zero-order valence-corrected chi connectivity index (χ0v) is 11.5. The number of hydrogen-bond donors (Lipinski definition) is 1. The van der Waals surface area contributed by atoms with Crippen LogP contribution in [-0.2, 0) is 0 Å². The van der Waals surface area contributed by atoms with Crippen molar-refractivity contribution >= 4 is 5.78 Å². The minimum absolute atomic E-state index is 0.0975. The third kappa shape index (κ3) is 2.38. The van der Waals surface area contributed by atoms with Crippen LogP contribution in [0.2, 0.25) is 0 Å². The van der Waals surface area contributed by atoms with Gasteiger partial charge in [0.1, 0.15) is 6.04 Å². The van der Waals surface area contributed by atoms with E-state index in [1.165, 1.54) is 5.56 Å². The van der Waals surface area contributed by atoms with E-state index in [2.05, 4.69) is 17.6 Å². The Kier molecular flexibility index (Phi) is 3.63. The molecule has 1 heterocycles. The first-order valence-corrected chi connectivity index (χ1v) is 6.99. The summed E-state index contributed by atoms with van der Waals surface area (Å²) in [6.07, 6.45) is 0. The maximum atomic E-state index is 12.6. The first-order valence-electron chi connectivity index (χ1n) is 6.99. The van der Waals surface area contributed by atoms with Gasteiger partial charge in [0.2, 0.25) is 0 Å². The highest BCUT2D eigenvalue weighted by Crippen LogP contribution is 2.42. The molecule has 1 saturated heterocycles. The number of nitrogens with zero attached hydrogens (tertiary/aromatic N) is 1. The van der Waals surface area contributed by atoms with E-state index in [1.54, 1.807) is 0 Å². The molecule has 3 heteroatoms. The van der Waals surface area contributed by atoms with Crippen molar-refractivity contribution in [3.8, 4) is 0 Å². The Hall–Kier alpha value is -1.97. The number of nitrogens with one attached hydrogen (secondary N) is 1. The summed E-state index contributed by atoms with van der Waals surface area (Å²) in [5, 5.41) is 2.05. The van der Waals surface area contributed by atoms with E-state index in [-0.39, 0.29) is 17.9 Å². The summed E-state index contributed by atoms with van der Waals surface area (Å²) < 4.78 is 0. The summed E-state index contributed by atoms with van der Waals surface area (Å²) >= 11 is 0. The van der Waals surface area contributed by atoms with Gasteiger partial charge >= 0.3 is 0 Å². The number of carbonyl (C=O) groups excluding carboxylic acids is 1. The first kappa shape index (κ1) is 13.0. The Bertz CT molecular complexity index is 582. The number of hydrazine groups is 1. The van der Waals surface area contributed by atoms with Gasteiger partial charge in [0, 0.05) is 12.1 Å². The highest BCUT2D eigenvalue weighted by atomic mass is 16.1. The van der Waals surface area contributed by atoms with Gasteiger partial charge in [0.25, 0.3) is 0 Å². The van der Waals surface area contributed by atoms with Crippen LogP contribution in [0.25, 0.3) is 0 Å². The Morgan fingerprint density at radius 1 is 1.05 bits per heavy atom. The molecular weight excluding hydrogens is 248 g/mol. The number of carbonyl (C=O) groups is 1. The minimum Gasteiger partial charge on any atom is -0.292 e. The fraction of sp³-hybridized carbons (Fsp3) is 0.235. The largest absolute Gasteiger partial charge is 0.292 e. The molecule has 3 nitrogen and oxygen atoms in total. The average Bonchev–Trinajstić information content (AvgIpc) is 3.23. The molecule has 1 fully saturated rings. The van der Waals surface area contributed by atoms with E-state index in [1.807, 2.05) is 60.5 Å². The highest BCUT2D eigenvalue weighted by Gasteiger charge is 2.53. The van der Waals surface area contributed by atoms with E-state index in [4.69, 9.17) is 0 Å². The molecule has 0 radical (unpaired) electrons. The van der Waals surface area contributed by atoms with Crippen LogP contribution in [0.1, 0.15) is 28.9 Å². The number of benzene rings is 2. The third-order valence-corrected chi connectivity index (χ3v) is 3.62. The Morgan fingerprint density at radius 3 is 2.25 bits per heavy atom. The predicted molar refractivity (Wildman–Crippen MR) is 79.3 cm³/mol. The summed E-state index contributed by atoms with van der Waals surface area (Å²) in [5.41, 5.74) is 5.24. The van der Waals surface area contributed by atoms with Gasteiger partial charge in [-0.2, -0.15) is 0 Å². The molecule has 0 spiro atoms. The van der Waals surface area contributed by atoms with Crippen molar-refractivity contribution in [3.63, 3.8) is 0 Å². The van der Waals surface area contributed by atoms with Crippen molar-refractivity contribution in [2.24, 2.45) is 0 Å². The lowest BCUT2D eigenvalue weighted by atomic mass is 10.0. The van der Waals surface area contributed by atoms with Gasteiger partial charge in [-0.25, -0.2) is 5.01 Å². The van der Waals surface area contributed by atoms with Gasteiger partial charge in [-0.3, -0.25) is 10.2 Å². The maximum absolute atomic E-state index is 12.6. The number of hydrogen-bond acceptors (Lipinski definition) is 3. The summed E-state index contributed by atoms with van der Waals surface area (Å²) in [6, 6.07) is 19.7. The lowest BCUT2D eigenvalue weighted by Gasteiger charge is -2.03. The maximum Gasteiger partial charge on any atom is 0.183 e. The monoisotopic (exact) mass is 266 g/mol. The van der Waals surface area contributed by atoms with Crippen LogP contribution in [0.4, 0.5) is 0 Å². The third-order valence-electron chi connectivity index (χ3n) is 3.62. The Morgan fingerprint density at radius 2 is 1.65 bits per heavy atom. The lowest BCUT2D eigenvalue weighted by molar-refractivity contribution is 0.0967. The van der Waals surface area contributed by atoms with Crippen LogP contribution in [0, 0.1) is 0 Å². The van der Waals surface area contributed by atoms with Crippen molar-refractivity contribution in [2.45, 2.75) is 19.0 Å². The summed E-state index contributed by atoms with van der Waals surface area (Å²) in [5.74, 6) is 0.181. The van der Waals surface area contributed by atoms with E-state index < -0.39 is 0 Å². The number of Topliss-reactive ketones (excluding diaryl/α,β-unsaturated/α-hetero) is 1. The molecular formula is C17H18N2O. The fourth-order valence-corrected chi connectivity index (χ4v) is 2.65. The molecule has 0 aliphatic carbocycles. The molecule has 2 aromatic rings. The molecule has 1 aliphatic rings. The lowest BCUT2D eigenvalue weighted by Crippen LogP contribution is -2.25. The zero-order valence-electron chi connectivity index (χ0n) is 11.5. The second-order valence-corrected chi connectivity index (χ2v) is 4.95. The molecule has 102 valence electrons. The minimum atomic E-state index is -0.0975. The summed E-state index contributed by atoms with van der Waals surface area (Å²) in [4.78, 5) is 12.6. The summed E-state index contributed by atoms with van der Waals surface area (Å²) in [7, 11) is 0. The standard InChI is InChI=1S/C17H18N2O/c1-2-18-19-15(13-9-5-3-6-10-13)16(19)17(20)14-11-7-4-8-12-14/h3-12,15-16,18H,2H2,1H3/t15-,16+,19?/m1/s1. The average molecular weight is 266 g/mol. The molecule has 0 amide bonds. The van der Waals surface area contributed by atoms with Crippen molar-refractivity contribution in [1.29, 1.82) is 0 Å². The van der Waals surface area contributed by atoms with Gasteiger partial charge in [-0.05, 0) is 5.56 Å². The molecule has 0 aromatic heterocycles. The predicted octanol–water partition coefficient (Wildman–Crippen LogP) is 2.82. The van der Waals surface area contributed by atoms with E-state index in [0.29, 0.717) is 0 Å². The zero-order chi connectivity index (χ0) is 13.9. The molecule has 1 N–H and O–H groups in total. The topological polar surface area (TPSA) is 32.1 Å². The van der Waals surface area contributed by atoms with Crippen LogP contribution in [0.15, 0.2) is 60.7 Å². The quantitative estimate of drug-likeness (QED) is 0.667. The second kappa shape index (κ2) is 5.57. The van der Waals surface area contributed by atoms with Crippen molar-refractivity contribution in [2.75, 3.05) is 6.54 Å². The van der Waals surface area contributed by atoms with Crippen LogP contribution >= 0.6 is 0 Å². The van der Waals surface area contributed by atoms with Crippen LogP contribution in [0.5, 0.6) is 0 Å². The van der Waals surface area contributed by atoms with E-state index in [0.717, 1.165) is 12.1 Å². The smallest absolute Gasteiger partial charge is 0.183 e. The van der Waals surface area contributed by atoms with E-state index >= 15 is 0 Å². The first-order chi connectivity index (χ1) is 9.83. The SMILES string of the molecule is CCNN1[C@H](C(=O)c2ccccc2)[C@H]1c1ccccc1. The van der Waals surface area contributed by atoms with Gasteiger partial charge < -0.3 is 0 Å². The van der Waals surface area contributed by atoms with Crippen molar-refractivity contribution < 1.29 is 4.79 Å². The normalized spacial score (nSPS) is 24.4. The molecule has 3 atom stereocenters. The van der Waals surface area contributed by atoms with Gasteiger partial charge in [-0.1, -0.05) is 67.6 Å². The van der Waals surface area contributed by atoms with Gasteiger partial charge in [0.05, 0.1) is 6.04 Å². The van der Waals surface area contributed by atoms with Crippen LogP contribution in [0.3, 0.4) is 0 Å². The summed E-state index contributed by atoms with van der Waals surface area (Å²) in [6.45, 7) is 2.87. The Balaban J connectivity index is 1.83. The number of ketones is 1. The highest BCUT2D eigenvalue weighted by molar-refractivity contribution is 6.02.